The fraction of sp³-hybridized carbons (Fsp3) is 0.714. The molecule has 0 unspecified atom stereocenters. The Labute approximate surface area is 138 Å². The van der Waals surface area contributed by atoms with Crippen LogP contribution in [0.4, 0.5) is 0 Å². The van der Waals surface area contributed by atoms with E-state index >= 15 is 0 Å². The summed E-state index contributed by atoms with van der Waals surface area (Å²) in [5, 5.41) is 11.0. The van der Waals surface area contributed by atoms with E-state index in [4.69, 9.17) is 0 Å². The predicted octanol–water partition coefficient (Wildman–Crippen LogP) is 5.79. The summed E-state index contributed by atoms with van der Waals surface area (Å²) in [6, 6.07) is 8.94. The number of hydrogen-bond donors (Lipinski definition) is 1. The van der Waals surface area contributed by atoms with Gasteiger partial charge in [-0.15, -0.1) is 0 Å². The minimum atomic E-state index is -0.512. The van der Waals surface area contributed by atoms with E-state index in [0.717, 1.165) is 25.7 Å². The van der Waals surface area contributed by atoms with E-state index in [9.17, 15) is 5.11 Å². The monoisotopic (exact) mass is 304 g/mol. The Hall–Kier alpha value is -0.820. The highest BCUT2D eigenvalue weighted by Crippen LogP contribution is 2.29. The SMILES string of the molecule is CCCCc1cccc(CCC(O)(CC(C)C)CC(C)C)c1. The van der Waals surface area contributed by atoms with E-state index in [0.29, 0.717) is 11.8 Å². The maximum Gasteiger partial charge on any atom is 0.0655 e. The van der Waals surface area contributed by atoms with Gasteiger partial charge in [-0.2, -0.15) is 0 Å². The summed E-state index contributed by atoms with van der Waals surface area (Å²) in [4.78, 5) is 0. The molecule has 1 rings (SSSR count). The molecule has 126 valence electrons. The van der Waals surface area contributed by atoms with Crippen LogP contribution in [0.2, 0.25) is 0 Å². The van der Waals surface area contributed by atoms with Gasteiger partial charge in [0.1, 0.15) is 0 Å². The van der Waals surface area contributed by atoms with Gasteiger partial charge in [-0.3, -0.25) is 0 Å². The Morgan fingerprint density at radius 2 is 1.50 bits per heavy atom. The molecule has 0 aliphatic rings. The molecule has 0 bridgehead atoms. The second-order valence-electron chi connectivity index (χ2n) is 7.84. The summed E-state index contributed by atoms with van der Waals surface area (Å²) >= 11 is 0. The first-order valence-corrected chi connectivity index (χ1v) is 9.15. The second-order valence-corrected chi connectivity index (χ2v) is 7.84. The fourth-order valence-electron chi connectivity index (χ4n) is 3.51. The molecule has 0 atom stereocenters. The zero-order valence-electron chi connectivity index (χ0n) is 15.4. The van der Waals surface area contributed by atoms with Gasteiger partial charge < -0.3 is 5.11 Å². The van der Waals surface area contributed by atoms with Gasteiger partial charge in [-0.05, 0) is 61.5 Å². The fourth-order valence-corrected chi connectivity index (χ4v) is 3.51. The van der Waals surface area contributed by atoms with Crippen molar-refractivity contribution in [3.8, 4) is 0 Å². The zero-order chi connectivity index (χ0) is 16.6. The molecule has 1 heteroatoms. The van der Waals surface area contributed by atoms with Gasteiger partial charge in [0.05, 0.1) is 5.60 Å². The quantitative estimate of drug-likeness (QED) is 0.580. The van der Waals surface area contributed by atoms with Crippen molar-refractivity contribution in [3.63, 3.8) is 0 Å². The predicted molar refractivity (Wildman–Crippen MR) is 97.2 cm³/mol. The van der Waals surface area contributed by atoms with Gasteiger partial charge in [-0.1, -0.05) is 65.3 Å². The lowest BCUT2D eigenvalue weighted by molar-refractivity contribution is -0.00707. The van der Waals surface area contributed by atoms with E-state index < -0.39 is 5.60 Å². The van der Waals surface area contributed by atoms with E-state index in [1.807, 2.05) is 0 Å². The van der Waals surface area contributed by atoms with Gasteiger partial charge in [0.2, 0.25) is 0 Å². The minimum Gasteiger partial charge on any atom is -0.390 e. The minimum absolute atomic E-state index is 0.512. The van der Waals surface area contributed by atoms with Crippen LogP contribution in [0, 0.1) is 11.8 Å². The maximum absolute atomic E-state index is 11.0. The van der Waals surface area contributed by atoms with E-state index in [1.165, 1.54) is 30.4 Å². The standard InChI is InChI=1S/C21H36O/c1-6-7-9-19-10-8-11-20(14-19)12-13-21(22,15-17(2)3)16-18(4)5/h8,10-11,14,17-18,22H,6-7,9,12-13,15-16H2,1-5H3. The molecular formula is C21H36O. The number of benzene rings is 1. The molecule has 0 spiro atoms. The van der Waals surface area contributed by atoms with Crippen LogP contribution in [0.1, 0.15) is 77.8 Å². The van der Waals surface area contributed by atoms with Crippen LogP contribution in [-0.2, 0) is 12.8 Å². The van der Waals surface area contributed by atoms with Crippen LogP contribution in [0.3, 0.4) is 0 Å². The summed E-state index contributed by atoms with van der Waals surface area (Å²) in [6.45, 7) is 11.1. The van der Waals surface area contributed by atoms with Gasteiger partial charge >= 0.3 is 0 Å². The van der Waals surface area contributed by atoms with Crippen molar-refractivity contribution in [2.24, 2.45) is 11.8 Å². The molecule has 0 heterocycles. The third-order valence-electron chi connectivity index (χ3n) is 4.27. The molecule has 0 radical (unpaired) electrons. The summed E-state index contributed by atoms with van der Waals surface area (Å²) in [5.74, 6) is 1.08. The van der Waals surface area contributed by atoms with Crippen LogP contribution in [-0.4, -0.2) is 10.7 Å². The lowest BCUT2D eigenvalue weighted by atomic mass is 9.81. The molecular weight excluding hydrogens is 268 g/mol. The lowest BCUT2D eigenvalue weighted by Crippen LogP contribution is -2.33. The highest BCUT2D eigenvalue weighted by molar-refractivity contribution is 5.24. The van der Waals surface area contributed by atoms with Crippen molar-refractivity contribution in [3.05, 3.63) is 35.4 Å². The Morgan fingerprint density at radius 3 is 2.00 bits per heavy atom. The first-order valence-electron chi connectivity index (χ1n) is 9.15. The topological polar surface area (TPSA) is 20.2 Å². The molecule has 0 amide bonds. The molecule has 1 aromatic carbocycles. The van der Waals surface area contributed by atoms with Crippen LogP contribution < -0.4 is 0 Å². The molecule has 0 saturated heterocycles. The number of aryl methyl sites for hydroxylation is 2. The summed E-state index contributed by atoms with van der Waals surface area (Å²) in [7, 11) is 0. The third-order valence-corrected chi connectivity index (χ3v) is 4.27. The molecule has 0 saturated carbocycles. The highest BCUT2D eigenvalue weighted by atomic mass is 16.3. The van der Waals surface area contributed by atoms with Gasteiger partial charge in [0.25, 0.3) is 0 Å². The summed E-state index contributed by atoms with van der Waals surface area (Å²) in [5.41, 5.74) is 2.30. The molecule has 0 fully saturated rings. The van der Waals surface area contributed by atoms with Crippen molar-refractivity contribution in [1.29, 1.82) is 0 Å². The lowest BCUT2D eigenvalue weighted by Gasteiger charge is -2.32. The van der Waals surface area contributed by atoms with Gasteiger partial charge in [-0.25, -0.2) is 0 Å². The van der Waals surface area contributed by atoms with Crippen LogP contribution in [0.15, 0.2) is 24.3 Å². The van der Waals surface area contributed by atoms with Gasteiger partial charge in [0.15, 0.2) is 0 Å². The van der Waals surface area contributed by atoms with Crippen molar-refractivity contribution in [2.45, 2.75) is 85.2 Å². The third kappa shape index (κ3) is 7.45. The van der Waals surface area contributed by atoms with Crippen molar-refractivity contribution in [2.75, 3.05) is 0 Å². The smallest absolute Gasteiger partial charge is 0.0655 e. The summed E-state index contributed by atoms with van der Waals surface area (Å²) < 4.78 is 0. The highest BCUT2D eigenvalue weighted by Gasteiger charge is 2.28. The second kappa shape index (κ2) is 9.35. The Kier molecular flexibility index (Phi) is 8.17. The number of hydrogen-bond acceptors (Lipinski definition) is 1. The molecule has 22 heavy (non-hydrogen) atoms. The van der Waals surface area contributed by atoms with E-state index in [2.05, 4.69) is 58.9 Å². The Bertz CT molecular complexity index is 410. The zero-order valence-corrected chi connectivity index (χ0v) is 15.4. The molecule has 1 N–H and O–H groups in total. The van der Waals surface area contributed by atoms with Crippen molar-refractivity contribution in [1.82, 2.24) is 0 Å². The first kappa shape index (κ1) is 19.2. The van der Waals surface area contributed by atoms with Crippen molar-refractivity contribution < 1.29 is 5.11 Å². The Morgan fingerprint density at radius 1 is 0.955 bits per heavy atom. The molecule has 1 aromatic rings. The maximum atomic E-state index is 11.0. The molecule has 0 aliphatic carbocycles. The average Bonchev–Trinajstić information content (AvgIpc) is 2.42. The van der Waals surface area contributed by atoms with Crippen molar-refractivity contribution >= 4 is 0 Å². The number of rotatable bonds is 10. The largest absolute Gasteiger partial charge is 0.390 e. The normalized spacial score (nSPS) is 12.4. The van der Waals surface area contributed by atoms with Gasteiger partial charge in [0, 0.05) is 0 Å². The first-order chi connectivity index (χ1) is 10.3. The average molecular weight is 305 g/mol. The van der Waals surface area contributed by atoms with Crippen LogP contribution in [0.25, 0.3) is 0 Å². The van der Waals surface area contributed by atoms with Crippen LogP contribution in [0.5, 0.6) is 0 Å². The van der Waals surface area contributed by atoms with Crippen LogP contribution >= 0.6 is 0 Å². The molecule has 0 aliphatic heterocycles. The number of aliphatic hydroxyl groups is 1. The molecule has 0 aromatic heterocycles. The number of unbranched alkanes of at least 4 members (excludes halogenated alkanes) is 1. The van der Waals surface area contributed by atoms with E-state index in [1.54, 1.807) is 0 Å². The van der Waals surface area contributed by atoms with E-state index in [-0.39, 0.29) is 0 Å². The molecule has 1 nitrogen and oxygen atoms in total. The summed E-state index contributed by atoms with van der Waals surface area (Å²) in [6.07, 6.45) is 7.34. The Balaban J connectivity index is 2.67.